The first kappa shape index (κ1) is 31.3. The van der Waals surface area contributed by atoms with Crippen molar-refractivity contribution in [3.05, 3.63) is 113 Å². The van der Waals surface area contributed by atoms with E-state index in [4.69, 9.17) is 9.47 Å². The number of hydrogen-bond donors (Lipinski definition) is 1. The normalized spacial score (nSPS) is 15.8. The van der Waals surface area contributed by atoms with Crippen molar-refractivity contribution < 1.29 is 19.1 Å². The third-order valence-corrected chi connectivity index (χ3v) is 6.92. The van der Waals surface area contributed by atoms with Gasteiger partial charge < -0.3 is 14.8 Å². The molecule has 3 rings (SSSR count). The summed E-state index contributed by atoms with van der Waals surface area (Å²) < 4.78 is 11.0. The molecule has 1 aromatic carbocycles. The number of rotatable bonds is 12. The van der Waals surface area contributed by atoms with Gasteiger partial charge in [-0.25, -0.2) is 4.79 Å². The molecule has 1 amide bonds. The van der Waals surface area contributed by atoms with E-state index in [1.165, 1.54) is 42.8 Å². The van der Waals surface area contributed by atoms with Crippen molar-refractivity contribution in [1.29, 1.82) is 0 Å². The molecule has 216 valence electrons. The summed E-state index contributed by atoms with van der Waals surface area (Å²) >= 11 is 0. The van der Waals surface area contributed by atoms with Gasteiger partial charge in [-0.3, -0.25) is 9.78 Å². The molecule has 1 N–H and O–H groups in total. The average Bonchev–Trinajstić information content (AvgIpc) is 2.93. The first-order valence-electron chi connectivity index (χ1n) is 14.2. The molecule has 1 aromatic heterocycles. The van der Waals surface area contributed by atoms with Crippen LogP contribution in [0.3, 0.4) is 0 Å². The van der Waals surface area contributed by atoms with Gasteiger partial charge in [-0.15, -0.1) is 0 Å². The maximum Gasteiger partial charge on any atom is 0.345 e. The number of hydrogen-bond acceptors (Lipinski definition) is 5. The highest BCUT2D eigenvalue weighted by atomic mass is 16.5. The van der Waals surface area contributed by atoms with Crippen molar-refractivity contribution in [2.75, 3.05) is 13.2 Å². The number of benzene rings is 1. The van der Waals surface area contributed by atoms with Gasteiger partial charge in [0.15, 0.2) is 0 Å². The van der Waals surface area contributed by atoms with Crippen LogP contribution in [0.15, 0.2) is 108 Å². The molecule has 6 nitrogen and oxygen atoms in total. The van der Waals surface area contributed by atoms with Crippen molar-refractivity contribution >= 4 is 11.9 Å². The van der Waals surface area contributed by atoms with Crippen LogP contribution >= 0.6 is 0 Å². The van der Waals surface area contributed by atoms with Gasteiger partial charge in [-0.2, -0.15) is 0 Å². The third kappa shape index (κ3) is 10.7. The number of aromatic nitrogens is 1. The number of allylic oxidation sites excluding steroid dienone is 9. The number of nitrogens with zero attached hydrogens (tertiary/aromatic N) is 1. The lowest BCUT2D eigenvalue weighted by Gasteiger charge is -2.32. The van der Waals surface area contributed by atoms with Gasteiger partial charge in [-0.05, 0) is 81.2 Å². The summed E-state index contributed by atoms with van der Waals surface area (Å²) in [7, 11) is 0. The molecule has 0 spiro atoms. The summed E-state index contributed by atoms with van der Waals surface area (Å²) in [6.07, 6.45) is 19.2. The molecule has 0 saturated carbocycles. The number of nitrogens with one attached hydrogen (secondary N) is 1. The molecule has 0 fully saturated rings. The smallest absolute Gasteiger partial charge is 0.345 e. The van der Waals surface area contributed by atoms with E-state index in [2.05, 4.69) is 56.2 Å². The van der Waals surface area contributed by atoms with Gasteiger partial charge in [0.05, 0.1) is 18.4 Å². The highest BCUT2D eigenvalue weighted by molar-refractivity contribution is 5.91. The van der Waals surface area contributed by atoms with Crippen LogP contribution in [0.25, 0.3) is 0 Å². The van der Waals surface area contributed by atoms with Gasteiger partial charge in [0.1, 0.15) is 11.5 Å². The second kappa shape index (κ2) is 15.6. The Bertz CT molecular complexity index is 1350. The van der Waals surface area contributed by atoms with Crippen LogP contribution < -0.4 is 14.8 Å². The standard InChI is InChI=1S/C35H42N2O4/c1-26(17-18-32-28(3)14-10-19-35(32,4)5)12-9-13-27(2)22-33(38)37-20-11-21-40-31-23-29(24-36-25-31)34(39)41-30-15-7-6-8-16-30/h6-9,12-13,15-18,22-25H,10-11,14,19-21H2,1-5H3,(H,37,38). The molecule has 2 aromatic rings. The molecule has 0 unspecified atom stereocenters. The van der Waals surface area contributed by atoms with Crippen LogP contribution in [0.5, 0.6) is 11.5 Å². The summed E-state index contributed by atoms with van der Waals surface area (Å²) in [5, 5.41) is 2.87. The molecule has 1 aliphatic rings. The molecule has 0 aliphatic heterocycles. The Hall–Kier alpha value is -4.19. The molecular weight excluding hydrogens is 512 g/mol. The van der Waals surface area contributed by atoms with E-state index in [0.29, 0.717) is 36.6 Å². The zero-order valence-corrected chi connectivity index (χ0v) is 24.9. The monoisotopic (exact) mass is 554 g/mol. The van der Waals surface area contributed by atoms with E-state index < -0.39 is 5.97 Å². The molecule has 0 radical (unpaired) electrons. The summed E-state index contributed by atoms with van der Waals surface area (Å²) in [4.78, 5) is 28.7. The molecule has 1 aliphatic carbocycles. The minimum Gasteiger partial charge on any atom is -0.492 e. The number of amides is 1. The SMILES string of the molecule is CC(C=CC1=C(C)CCCC1(C)C)=CC=CC(C)=CC(=O)NCCCOc1cncc(C(=O)Oc2ccccc2)c1. The zero-order valence-electron chi connectivity index (χ0n) is 24.9. The maximum atomic E-state index is 12.3. The minimum absolute atomic E-state index is 0.151. The largest absolute Gasteiger partial charge is 0.492 e. The zero-order chi connectivity index (χ0) is 29.7. The number of pyridine rings is 1. The Labute approximate surface area is 244 Å². The van der Waals surface area contributed by atoms with Crippen LogP contribution in [0.4, 0.5) is 0 Å². The quantitative estimate of drug-likeness (QED) is 0.0956. The number of ether oxygens (including phenoxy) is 2. The van der Waals surface area contributed by atoms with Crippen molar-refractivity contribution in [2.24, 2.45) is 5.41 Å². The molecular formula is C35H42N2O4. The fourth-order valence-corrected chi connectivity index (χ4v) is 4.68. The second-order valence-electron chi connectivity index (χ2n) is 11.0. The van der Waals surface area contributed by atoms with E-state index in [1.807, 2.05) is 25.1 Å². The number of carbonyl (C=O) groups excluding carboxylic acids is 2. The fourth-order valence-electron chi connectivity index (χ4n) is 4.68. The average molecular weight is 555 g/mol. The summed E-state index contributed by atoms with van der Waals surface area (Å²) in [5.41, 5.74) is 5.50. The Morgan fingerprint density at radius 3 is 2.59 bits per heavy atom. The van der Waals surface area contributed by atoms with Gasteiger partial charge in [0, 0.05) is 18.8 Å². The van der Waals surface area contributed by atoms with Crippen LogP contribution in [0.2, 0.25) is 0 Å². The third-order valence-electron chi connectivity index (χ3n) is 6.92. The minimum atomic E-state index is -0.504. The molecule has 0 atom stereocenters. The molecule has 6 heteroatoms. The van der Waals surface area contributed by atoms with Crippen molar-refractivity contribution in [3.63, 3.8) is 0 Å². The second-order valence-corrected chi connectivity index (χ2v) is 11.0. The molecule has 41 heavy (non-hydrogen) atoms. The predicted molar refractivity (Wildman–Crippen MR) is 165 cm³/mol. The molecule has 0 saturated heterocycles. The lowest BCUT2D eigenvalue weighted by Crippen LogP contribution is -2.23. The van der Waals surface area contributed by atoms with Crippen LogP contribution in [0, 0.1) is 5.41 Å². The van der Waals surface area contributed by atoms with Gasteiger partial charge in [0.25, 0.3) is 0 Å². The lowest BCUT2D eigenvalue weighted by molar-refractivity contribution is -0.116. The maximum absolute atomic E-state index is 12.3. The number of para-hydroxylation sites is 1. The summed E-state index contributed by atoms with van der Waals surface area (Å²) in [6, 6.07) is 10.4. The van der Waals surface area contributed by atoms with E-state index in [0.717, 1.165) is 11.1 Å². The van der Waals surface area contributed by atoms with E-state index in [1.54, 1.807) is 36.4 Å². The van der Waals surface area contributed by atoms with E-state index in [-0.39, 0.29) is 11.3 Å². The van der Waals surface area contributed by atoms with E-state index in [9.17, 15) is 9.59 Å². The van der Waals surface area contributed by atoms with Crippen LogP contribution in [-0.2, 0) is 4.79 Å². The van der Waals surface area contributed by atoms with Crippen molar-refractivity contribution in [1.82, 2.24) is 10.3 Å². The van der Waals surface area contributed by atoms with Crippen LogP contribution in [-0.4, -0.2) is 30.0 Å². The topological polar surface area (TPSA) is 77.5 Å². The number of esters is 1. The van der Waals surface area contributed by atoms with Crippen molar-refractivity contribution in [2.45, 2.75) is 60.3 Å². The highest BCUT2D eigenvalue weighted by Crippen LogP contribution is 2.40. The first-order valence-corrected chi connectivity index (χ1v) is 14.2. The molecule has 1 heterocycles. The Kier molecular flexibility index (Phi) is 11.9. The molecule has 0 bridgehead atoms. The summed E-state index contributed by atoms with van der Waals surface area (Å²) in [6.45, 7) is 11.7. The van der Waals surface area contributed by atoms with Gasteiger partial charge in [0.2, 0.25) is 5.91 Å². The fraction of sp³-hybridized carbons (Fsp3) is 0.343. The first-order chi connectivity index (χ1) is 19.6. The summed E-state index contributed by atoms with van der Waals surface area (Å²) in [5.74, 6) is 0.274. The van der Waals surface area contributed by atoms with Crippen LogP contribution in [0.1, 0.15) is 70.7 Å². The Morgan fingerprint density at radius 1 is 1.05 bits per heavy atom. The number of carbonyl (C=O) groups is 2. The Morgan fingerprint density at radius 2 is 1.83 bits per heavy atom. The predicted octanol–water partition coefficient (Wildman–Crippen LogP) is 7.72. The van der Waals surface area contributed by atoms with Crippen molar-refractivity contribution in [3.8, 4) is 11.5 Å². The van der Waals surface area contributed by atoms with Gasteiger partial charge >= 0.3 is 5.97 Å². The highest BCUT2D eigenvalue weighted by Gasteiger charge is 2.26. The Balaban J connectivity index is 1.38. The lowest BCUT2D eigenvalue weighted by atomic mass is 9.72. The van der Waals surface area contributed by atoms with Gasteiger partial charge in [-0.1, -0.05) is 73.6 Å². The van der Waals surface area contributed by atoms with E-state index >= 15 is 0 Å².